The highest BCUT2D eigenvalue weighted by Gasteiger charge is 2.34. The Morgan fingerprint density at radius 1 is 1.42 bits per heavy atom. The van der Waals surface area contributed by atoms with Crippen molar-refractivity contribution in [2.24, 2.45) is 5.73 Å². The van der Waals surface area contributed by atoms with Crippen molar-refractivity contribution in [2.75, 3.05) is 19.6 Å². The van der Waals surface area contributed by atoms with Crippen LogP contribution in [-0.2, 0) is 4.74 Å². The Morgan fingerprint density at radius 2 is 2.05 bits per heavy atom. The lowest BCUT2D eigenvalue weighted by atomic mass is 9.99. The number of morpholine rings is 1. The molecule has 2 N–H and O–H groups in total. The van der Waals surface area contributed by atoms with Gasteiger partial charge in [-0.2, -0.15) is 0 Å². The third-order valence-electron chi connectivity index (χ3n) is 3.51. The molecule has 1 aromatic carbocycles. The highest BCUT2D eigenvalue weighted by molar-refractivity contribution is 9.10. The summed E-state index contributed by atoms with van der Waals surface area (Å²) in [6.07, 6.45) is 0.244. The summed E-state index contributed by atoms with van der Waals surface area (Å²) in [5.74, 6) is 0. The number of hydrogen-bond acceptors (Lipinski definition) is 3. The second-order valence-electron chi connectivity index (χ2n) is 5.92. The zero-order chi connectivity index (χ0) is 14.0. The largest absolute Gasteiger partial charge is 0.370 e. The minimum atomic E-state index is -0.111. The molecule has 2 rings (SSSR count). The third-order valence-corrected chi connectivity index (χ3v) is 4.04. The van der Waals surface area contributed by atoms with E-state index in [1.807, 2.05) is 0 Å². The van der Waals surface area contributed by atoms with Crippen LogP contribution in [0.4, 0.5) is 0 Å². The molecule has 0 spiro atoms. The number of hydrogen-bond donors (Lipinski definition) is 1. The Morgan fingerprint density at radius 3 is 2.58 bits per heavy atom. The summed E-state index contributed by atoms with van der Waals surface area (Å²) in [5.41, 5.74) is 7.18. The van der Waals surface area contributed by atoms with Crippen molar-refractivity contribution in [1.82, 2.24) is 4.90 Å². The first kappa shape index (κ1) is 15.0. The predicted molar refractivity (Wildman–Crippen MR) is 82.1 cm³/mol. The van der Waals surface area contributed by atoms with E-state index in [4.69, 9.17) is 10.5 Å². The molecular weight excluding hydrogens is 304 g/mol. The SMILES string of the molecule is CC1CN(C(CN)c2ccc(Br)cc2)CC(C)(C)O1. The van der Waals surface area contributed by atoms with E-state index in [-0.39, 0.29) is 17.7 Å². The van der Waals surface area contributed by atoms with E-state index < -0.39 is 0 Å². The molecule has 0 aromatic heterocycles. The second-order valence-corrected chi connectivity index (χ2v) is 6.84. The lowest BCUT2D eigenvalue weighted by Gasteiger charge is -2.45. The van der Waals surface area contributed by atoms with Gasteiger partial charge in [-0.25, -0.2) is 0 Å². The molecule has 1 fully saturated rings. The summed E-state index contributed by atoms with van der Waals surface area (Å²) in [4.78, 5) is 2.44. The zero-order valence-corrected chi connectivity index (χ0v) is 13.5. The summed E-state index contributed by atoms with van der Waals surface area (Å²) in [6.45, 7) is 8.89. The van der Waals surface area contributed by atoms with Crippen molar-refractivity contribution in [1.29, 1.82) is 0 Å². The summed E-state index contributed by atoms with van der Waals surface area (Å²) in [7, 11) is 0. The summed E-state index contributed by atoms with van der Waals surface area (Å²) in [6, 6.07) is 8.71. The predicted octanol–water partition coefficient (Wildman–Crippen LogP) is 2.95. The van der Waals surface area contributed by atoms with E-state index in [0.717, 1.165) is 17.6 Å². The van der Waals surface area contributed by atoms with Crippen LogP contribution in [0.1, 0.15) is 32.4 Å². The van der Waals surface area contributed by atoms with Gasteiger partial charge in [0, 0.05) is 30.1 Å². The molecule has 1 saturated heterocycles. The van der Waals surface area contributed by atoms with E-state index >= 15 is 0 Å². The normalized spacial score (nSPS) is 25.2. The Hall–Kier alpha value is -0.420. The molecule has 3 nitrogen and oxygen atoms in total. The van der Waals surface area contributed by atoms with Crippen LogP contribution in [0.5, 0.6) is 0 Å². The molecule has 4 heteroatoms. The van der Waals surface area contributed by atoms with Crippen LogP contribution < -0.4 is 5.73 Å². The van der Waals surface area contributed by atoms with Gasteiger partial charge in [-0.05, 0) is 38.5 Å². The highest BCUT2D eigenvalue weighted by Crippen LogP contribution is 2.29. The average Bonchev–Trinajstić information content (AvgIpc) is 2.30. The van der Waals surface area contributed by atoms with Crippen LogP contribution in [0.25, 0.3) is 0 Å². The van der Waals surface area contributed by atoms with E-state index in [2.05, 4.69) is 65.9 Å². The maximum atomic E-state index is 6.01. The molecule has 1 aliphatic heterocycles. The fourth-order valence-electron chi connectivity index (χ4n) is 2.92. The van der Waals surface area contributed by atoms with Gasteiger partial charge in [-0.3, -0.25) is 4.90 Å². The highest BCUT2D eigenvalue weighted by atomic mass is 79.9. The van der Waals surface area contributed by atoms with E-state index in [0.29, 0.717) is 6.54 Å². The maximum Gasteiger partial charge on any atom is 0.0757 e. The van der Waals surface area contributed by atoms with Crippen molar-refractivity contribution < 1.29 is 4.74 Å². The van der Waals surface area contributed by atoms with E-state index in [9.17, 15) is 0 Å². The van der Waals surface area contributed by atoms with Crippen LogP contribution in [0, 0.1) is 0 Å². The van der Waals surface area contributed by atoms with Gasteiger partial charge in [0.2, 0.25) is 0 Å². The van der Waals surface area contributed by atoms with Crippen LogP contribution in [0.2, 0.25) is 0 Å². The molecule has 2 unspecified atom stereocenters. The van der Waals surface area contributed by atoms with E-state index in [1.165, 1.54) is 5.56 Å². The zero-order valence-electron chi connectivity index (χ0n) is 11.9. The minimum absolute atomic E-state index is 0.111. The molecule has 0 aliphatic carbocycles. The number of halogens is 1. The topological polar surface area (TPSA) is 38.5 Å². The first-order chi connectivity index (χ1) is 8.91. The van der Waals surface area contributed by atoms with Gasteiger partial charge >= 0.3 is 0 Å². The van der Waals surface area contributed by atoms with Crippen molar-refractivity contribution in [3.8, 4) is 0 Å². The van der Waals surface area contributed by atoms with Crippen LogP contribution in [0.15, 0.2) is 28.7 Å². The van der Waals surface area contributed by atoms with Gasteiger partial charge in [0.15, 0.2) is 0 Å². The Balaban J connectivity index is 2.19. The Bertz CT molecular complexity index is 419. The third kappa shape index (κ3) is 3.78. The van der Waals surface area contributed by atoms with Gasteiger partial charge in [0.25, 0.3) is 0 Å². The number of nitrogens with zero attached hydrogens (tertiary/aromatic N) is 1. The molecular formula is C15H23BrN2O. The molecule has 1 heterocycles. The maximum absolute atomic E-state index is 6.01. The molecule has 106 valence electrons. The van der Waals surface area contributed by atoms with Crippen molar-refractivity contribution in [3.05, 3.63) is 34.3 Å². The minimum Gasteiger partial charge on any atom is -0.370 e. The molecule has 0 saturated carbocycles. The van der Waals surface area contributed by atoms with Crippen molar-refractivity contribution in [2.45, 2.75) is 38.5 Å². The average molecular weight is 327 g/mol. The van der Waals surface area contributed by atoms with Crippen LogP contribution in [0.3, 0.4) is 0 Å². The Kier molecular flexibility index (Phi) is 4.66. The van der Waals surface area contributed by atoms with Gasteiger partial charge in [-0.15, -0.1) is 0 Å². The summed E-state index contributed by atoms with van der Waals surface area (Å²) >= 11 is 3.48. The number of nitrogens with two attached hydrogens (primary N) is 1. The van der Waals surface area contributed by atoms with Gasteiger partial charge < -0.3 is 10.5 Å². The lowest BCUT2D eigenvalue weighted by molar-refractivity contribution is -0.137. The van der Waals surface area contributed by atoms with Crippen molar-refractivity contribution in [3.63, 3.8) is 0 Å². The molecule has 1 aromatic rings. The first-order valence-corrected chi connectivity index (χ1v) is 7.58. The van der Waals surface area contributed by atoms with E-state index in [1.54, 1.807) is 0 Å². The lowest BCUT2D eigenvalue weighted by Crippen LogP contribution is -2.53. The van der Waals surface area contributed by atoms with Crippen LogP contribution in [-0.4, -0.2) is 36.2 Å². The van der Waals surface area contributed by atoms with Gasteiger partial charge in [0.05, 0.1) is 11.7 Å². The Labute approximate surface area is 124 Å². The molecule has 1 aliphatic rings. The second kappa shape index (κ2) is 5.92. The first-order valence-electron chi connectivity index (χ1n) is 6.79. The molecule has 19 heavy (non-hydrogen) atoms. The quantitative estimate of drug-likeness (QED) is 0.928. The van der Waals surface area contributed by atoms with Crippen molar-refractivity contribution >= 4 is 15.9 Å². The van der Waals surface area contributed by atoms with Gasteiger partial charge in [0.1, 0.15) is 0 Å². The summed E-state index contributed by atoms with van der Waals surface area (Å²) in [5, 5.41) is 0. The molecule has 2 atom stereocenters. The number of benzene rings is 1. The molecule has 0 amide bonds. The summed E-state index contributed by atoms with van der Waals surface area (Å²) < 4.78 is 7.06. The molecule has 0 bridgehead atoms. The fraction of sp³-hybridized carbons (Fsp3) is 0.600. The standard InChI is InChI=1S/C15H23BrN2O/c1-11-9-18(10-15(2,3)19-11)14(8-17)12-4-6-13(16)7-5-12/h4-7,11,14H,8-10,17H2,1-3H3. The fourth-order valence-corrected chi connectivity index (χ4v) is 3.19. The monoisotopic (exact) mass is 326 g/mol. The van der Waals surface area contributed by atoms with Gasteiger partial charge in [-0.1, -0.05) is 28.1 Å². The van der Waals surface area contributed by atoms with Crippen LogP contribution >= 0.6 is 15.9 Å². The molecule has 0 radical (unpaired) electrons. The number of ether oxygens (including phenoxy) is 1. The number of rotatable bonds is 3. The smallest absolute Gasteiger partial charge is 0.0757 e.